The maximum Gasteiger partial charge on any atom is 0.148 e. The van der Waals surface area contributed by atoms with Crippen molar-refractivity contribution in [3.8, 4) is 39.5 Å². The standard InChI is InChI=1S/C35H19F2N2O.C14H16NSi.Ir/c36-29-12-4-3-9-25(29)23-16-18-26-27-10-5-11-28(34(27)40-32(26)20-23)35-38-31-14-6-13-30(37)33(31)39(35)24-17-15-21-7-1-2-8-22(21)19-24;1-16(2,3)13-9-10-14(15-11-13)12-7-5-4-6-8-12;/h1-10,12-20H;4-7,9-11H,1-3H3;/q2*-1;. The van der Waals surface area contributed by atoms with Crippen molar-refractivity contribution in [2.24, 2.45) is 0 Å². The average Bonchev–Trinajstić information content (AvgIpc) is 3.81. The average molecular weight is 940 g/mol. The fourth-order valence-corrected chi connectivity index (χ4v) is 8.18. The number of hydrogen-bond donors (Lipinski definition) is 0. The zero-order chi connectivity index (χ0) is 38.4. The van der Waals surface area contributed by atoms with Crippen LogP contribution in [0.15, 0.2) is 162 Å². The summed E-state index contributed by atoms with van der Waals surface area (Å²) in [6.45, 7) is 7.00. The third-order valence-electron chi connectivity index (χ3n) is 10.1. The molecule has 0 bridgehead atoms. The molecule has 0 aliphatic heterocycles. The van der Waals surface area contributed by atoms with Gasteiger partial charge in [-0.05, 0) is 63.6 Å². The number of para-hydroxylation sites is 1. The zero-order valence-corrected chi connectivity index (χ0v) is 34.7. The minimum absolute atomic E-state index is 0. The first-order chi connectivity index (χ1) is 27.2. The Bertz CT molecular complexity index is 3040. The van der Waals surface area contributed by atoms with Gasteiger partial charge in [0.2, 0.25) is 0 Å². The van der Waals surface area contributed by atoms with Crippen LogP contribution in [0.4, 0.5) is 8.78 Å². The molecule has 57 heavy (non-hydrogen) atoms. The summed E-state index contributed by atoms with van der Waals surface area (Å²) in [5, 5.41) is 5.29. The van der Waals surface area contributed by atoms with Gasteiger partial charge in [-0.25, -0.2) is 8.78 Å². The van der Waals surface area contributed by atoms with Gasteiger partial charge in [0.05, 0.1) is 30.5 Å². The molecule has 0 N–H and O–H groups in total. The fourth-order valence-electron chi connectivity index (χ4n) is 7.14. The van der Waals surface area contributed by atoms with Crippen LogP contribution in [0.1, 0.15) is 0 Å². The Morgan fingerprint density at radius 3 is 2.23 bits per heavy atom. The van der Waals surface area contributed by atoms with Gasteiger partial charge in [-0.1, -0.05) is 109 Å². The summed E-state index contributed by atoms with van der Waals surface area (Å²) in [5.41, 5.74) is 6.81. The van der Waals surface area contributed by atoms with E-state index >= 15 is 4.39 Å². The zero-order valence-electron chi connectivity index (χ0n) is 31.4. The summed E-state index contributed by atoms with van der Waals surface area (Å²) in [6, 6.07) is 53.9. The van der Waals surface area contributed by atoms with Crippen LogP contribution >= 0.6 is 0 Å². The number of hydrogen-bond acceptors (Lipinski definition) is 3. The molecule has 0 saturated heterocycles. The number of imidazole rings is 1. The number of halogens is 2. The molecule has 8 heteroatoms. The van der Waals surface area contributed by atoms with Crippen LogP contribution in [-0.4, -0.2) is 22.6 Å². The molecule has 281 valence electrons. The largest absolute Gasteiger partial charge is 0.501 e. The summed E-state index contributed by atoms with van der Waals surface area (Å²) in [7, 11) is -1.23. The summed E-state index contributed by atoms with van der Waals surface area (Å²) >= 11 is 0. The van der Waals surface area contributed by atoms with E-state index in [-0.39, 0.29) is 31.7 Å². The molecule has 10 rings (SSSR count). The number of nitrogens with zero attached hydrogens (tertiary/aromatic N) is 3. The summed E-state index contributed by atoms with van der Waals surface area (Å²) < 4.78 is 38.2. The quantitative estimate of drug-likeness (QED) is 0.128. The summed E-state index contributed by atoms with van der Waals surface area (Å²) in [5.74, 6) is -0.136. The van der Waals surface area contributed by atoms with Crippen LogP contribution in [0, 0.1) is 23.8 Å². The smallest absolute Gasteiger partial charge is 0.148 e. The van der Waals surface area contributed by atoms with Crippen molar-refractivity contribution in [1.29, 1.82) is 0 Å². The Morgan fingerprint density at radius 1 is 0.667 bits per heavy atom. The van der Waals surface area contributed by atoms with Crippen molar-refractivity contribution >= 4 is 57.0 Å². The van der Waals surface area contributed by atoms with Crippen molar-refractivity contribution in [3.63, 3.8) is 0 Å². The van der Waals surface area contributed by atoms with E-state index in [1.54, 1.807) is 24.3 Å². The van der Waals surface area contributed by atoms with Gasteiger partial charge < -0.3 is 14.0 Å². The van der Waals surface area contributed by atoms with E-state index in [0.717, 1.165) is 44.1 Å². The predicted molar refractivity (Wildman–Crippen MR) is 227 cm³/mol. The van der Waals surface area contributed by atoms with Crippen LogP contribution in [0.5, 0.6) is 0 Å². The number of benzene rings is 7. The number of fused-ring (bicyclic) bond motifs is 5. The number of furan rings is 1. The third kappa shape index (κ3) is 7.24. The maximum atomic E-state index is 15.4. The van der Waals surface area contributed by atoms with E-state index in [4.69, 9.17) is 9.40 Å². The molecule has 0 saturated carbocycles. The van der Waals surface area contributed by atoms with E-state index in [9.17, 15) is 4.39 Å². The van der Waals surface area contributed by atoms with E-state index in [0.29, 0.717) is 39.2 Å². The van der Waals surface area contributed by atoms with Gasteiger partial charge in [0.1, 0.15) is 17.2 Å². The second kappa shape index (κ2) is 15.5. The Labute approximate surface area is 343 Å². The molecule has 0 atom stereocenters. The molecule has 0 spiro atoms. The molecule has 10 aromatic rings. The Hall–Kier alpha value is -6.05. The normalized spacial score (nSPS) is 11.5. The molecule has 4 nitrogen and oxygen atoms in total. The van der Waals surface area contributed by atoms with Crippen LogP contribution in [0.3, 0.4) is 0 Å². The first kappa shape index (κ1) is 37.9. The minimum atomic E-state index is -1.23. The topological polar surface area (TPSA) is 43.9 Å². The molecule has 3 heterocycles. The second-order valence-electron chi connectivity index (χ2n) is 14.8. The van der Waals surface area contributed by atoms with Crippen molar-refractivity contribution < 1.29 is 33.3 Å². The Balaban J connectivity index is 0.000000226. The van der Waals surface area contributed by atoms with Crippen molar-refractivity contribution in [3.05, 3.63) is 182 Å². The first-order valence-electron chi connectivity index (χ1n) is 18.4. The van der Waals surface area contributed by atoms with Gasteiger partial charge in [-0.15, -0.1) is 54.1 Å². The third-order valence-corrected chi connectivity index (χ3v) is 12.1. The molecule has 7 aromatic carbocycles. The van der Waals surface area contributed by atoms with Gasteiger partial charge in [-0.2, -0.15) is 0 Å². The minimum Gasteiger partial charge on any atom is -0.501 e. The number of rotatable bonds is 5. The van der Waals surface area contributed by atoms with Crippen LogP contribution < -0.4 is 5.19 Å². The van der Waals surface area contributed by atoms with Crippen molar-refractivity contribution in [2.45, 2.75) is 19.6 Å². The van der Waals surface area contributed by atoms with Crippen molar-refractivity contribution in [1.82, 2.24) is 14.5 Å². The Kier molecular flexibility index (Phi) is 10.3. The molecule has 0 aliphatic rings. The second-order valence-corrected chi connectivity index (χ2v) is 19.8. The maximum absolute atomic E-state index is 15.4. The van der Waals surface area contributed by atoms with Gasteiger partial charge >= 0.3 is 0 Å². The molecule has 1 radical (unpaired) electrons. The van der Waals surface area contributed by atoms with Crippen LogP contribution in [0.25, 0.3) is 83.2 Å². The number of pyridine rings is 1. The summed E-state index contributed by atoms with van der Waals surface area (Å²) in [6.07, 6.45) is 2.02. The predicted octanol–water partition coefficient (Wildman–Crippen LogP) is 12.6. The first-order valence-corrected chi connectivity index (χ1v) is 21.9. The molecule has 3 aromatic heterocycles. The molecular weight excluding hydrogens is 905 g/mol. The monoisotopic (exact) mass is 940 g/mol. The SMILES string of the molecule is C[Si](C)(C)c1ccc(-c2[c-]cccc2)nc1.Fc1ccccc1-c1ccc2c(c1)oc1c(-c3nc4cccc(F)c4n3-c3ccc4ccccc4c3)[c-]ccc12.[Ir]. The van der Waals surface area contributed by atoms with Crippen LogP contribution in [-0.2, 0) is 20.1 Å². The van der Waals surface area contributed by atoms with E-state index in [1.165, 1.54) is 17.3 Å². The molecule has 0 fully saturated rings. The van der Waals surface area contributed by atoms with Gasteiger partial charge in [0.25, 0.3) is 0 Å². The van der Waals surface area contributed by atoms with E-state index in [2.05, 4.69) is 48.9 Å². The molecule has 0 amide bonds. The van der Waals surface area contributed by atoms with Gasteiger partial charge in [-0.3, -0.25) is 4.98 Å². The number of aromatic nitrogens is 3. The van der Waals surface area contributed by atoms with Crippen LogP contribution in [0.2, 0.25) is 19.6 Å². The molecule has 0 aliphatic carbocycles. The van der Waals surface area contributed by atoms with E-state index < -0.39 is 8.07 Å². The summed E-state index contributed by atoms with van der Waals surface area (Å²) in [4.78, 5) is 9.40. The van der Waals surface area contributed by atoms with Crippen molar-refractivity contribution in [2.75, 3.05) is 0 Å². The molecular formula is C49H35F2IrN3OSi-2. The molecule has 0 unspecified atom stereocenters. The Morgan fingerprint density at radius 2 is 1.46 bits per heavy atom. The van der Waals surface area contributed by atoms with E-state index in [1.807, 2.05) is 114 Å². The van der Waals surface area contributed by atoms with Gasteiger partial charge in [0.15, 0.2) is 0 Å². The van der Waals surface area contributed by atoms with Gasteiger partial charge in [0, 0.05) is 42.9 Å². The fraction of sp³-hybridized carbons (Fsp3) is 0.0612.